The third kappa shape index (κ3) is 3.43. The van der Waals surface area contributed by atoms with Gasteiger partial charge in [-0.15, -0.1) is 0 Å². The van der Waals surface area contributed by atoms with E-state index in [-0.39, 0.29) is 10.9 Å². The van der Waals surface area contributed by atoms with Gasteiger partial charge in [0.2, 0.25) is 0 Å². The Kier molecular flexibility index (Phi) is 4.99. The third-order valence-corrected chi connectivity index (χ3v) is 4.56. The SMILES string of the molecule is Cc1nn(-c2ccc(C#N)cc2)c(NC(=O)c2ccc(Cl)cc2Cl)c1C. The molecule has 0 unspecified atom stereocenters. The van der Waals surface area contributed by atoms with Crippen molar-refractivity contribution in [3.05, 3.63) is 74.9 Å². The van der Waals surface area contributed by atoms with E-state index >= 15 is 0 Å². The van der Waals surface area contributed by atoms with Gasteiger partial charge >= 0.3 is 0 Å². The van der Waals surface area contributed by atoms with Gasteiger partial charge in [0, 0.05) is 10.6 Å². The minimum absolute atomic E-state index is 0.272. The van der Waals surface area contributed by atoms with E-state index in [1.807, 2.05) is 13.8 Å². The number of carbonyl (C=O) groups excluding carboxylic acids is 1. The molecule has 0 fully saturated rings. The van der Waals surface area contributed by atoms with Crippen LogP contribution in [-0.2, 0) is 0 Å². The van der Waals surface area contributed by atoms with Gasteiger partial charge in [-0.2, -0.15) is 10.4 Å². The number of nitrogens with zero attached hydrogens (tertiary/aromatic N) is 3. The molecule has 2 aromatic carbocycles. The molecule has 130 valence electrons. The monoisotopic (exact) mass is 384 g/mol. The summed E-state index contributed by atoms with van der Waals surface area (Å²) in [5, 5.41) is 17.0. The van der Waals surface area contributed by atoms with Crippen molar-refractivity contribution in [2.45, 2.75) is 13.8 Å². The number of nitrogens with one attached hydrogen (secondary N) is 1. The first-order valence-electron chi connectivity index (χ1n) is 7.74. The van der Waals surface area contributed by atoms with Crippen molar-refractivity contribution in [2.75, 3.05) is 5.32 Å². The molecule has 0 bridgehead atoms. The number of nitriles is 1. The van der Waals surface area contributed by atoms with Crippen molar-refractivity contribution >= 4 is 34.9 Å². The molecule has 1 heterocycles. The number of rotatable bonds is 3. The lowest BCUT2D eigenvalue weighted by Gasteiger charge is -2.11. The first kappa shape index (κ1) is 18.0. The quantitative estimate of drug-likeness (QED) is 0.696. The number of aryl methyl sites for hydroxylation is 1. The van der Waals surface area contributed by atoms with Crippen LogP contribution in [-0.4, -0.2) is 15.7 Å². The van der Waals surface area contributed by atoms with Crippen molar-refractivity contribution < 1.29 is 4.79 Å². The molecule has 1 N–H and O–H groups in total. The Labute approximate surface area is 160 Å². The number of aromatic nitrogens is 2. The first-order valence-corrected chi connectivity index (χ1v) is 8.49. The van der Waals surface area contributed by atoms with Crippen LogP contribution >= 0.6 is 23.2 Å². The van der Waals surface area contributed by atoms with Crippen LogP contribution < -0.4 is 5.32 Å². The lowest BCUT2D eigenvalue weighted by molar-refractivity contribution is 0.102. The number of anilines is 1. The lowest BCUT2D eigenvalue weighted by Crippen LogP contribution is -2.16. The lowest BCUT2D eigenvalue weighted by atomic mass is 10.2. The zero-order valence-corrected chi connectivity index (χ0v) is 15.6. The molecule has 0 atom stereocenters. The largest absolute Gasteiger partial charge is 0.306 e. The Morgan fingerprint density at radius 2 is 1.85 bits per heavy atom. The van der Waals surface area contributed by atoms with E-state index in [4.69, 9.17) is 28.5 Å². The zero-order chi connectivity index (χ0) is 18.8. The van der Waals surface area contributed by atoms with Crippen molar-refractivity contribution in [2.24, 2.45) is 0 Å². The van der Waals surface area contributed by atoms with E-state index in [2.05, 4.69) is 16.5 Å². The van der Waals surface area contributed by atoms with Crippen LogP contribution in [0.5, 0.6) is 0 Å². The second-order valence-electron chi connectivity index (χ2n) is 5.71. The van der Waals surface area contributed by atoms with Gasteiger partial charge in [-0.25, -0.2) is 4.68 Å². The standard InChI is InChI=1S/C19H14Cl2N4O/c1-11-12(2)24-25(15-6-3-13(10-22)4-7-15)18(11)23-19(26)16-8-5-14(20)9-17(16)21/h3-9H,1-2H3,(H,23,26). The Morgan fingerprint density at radius 1 is 1.15 bits per heavy atom. The van der Waals surface area contributed by atoms with Crippen LogP contribution in [0.4, 0.5) is 5.82 Å². The Hall–Kier alpha value is -2.81. The van der Waals surface area contributed by atoms with Crippen molar-refractivity contribution in [3.8, 4) is 11.8 Å². The smallest absolute Gasteiger partial charge is 0.258 e. The van der Waals surface area contributed by atoms with Gasteiger partial charge in [-0.05, 0) is 56.3 Å². The highest BCUT2D eigenvalue weighted by atomic mass is 35.5. The highest BCUT2D eigenvalue weighted by molar-refractivity contribution is 6.37. The minimum Gasteiger partial charge on any atom is -0.306 e. The highest BCUT2D eigenvalue weighted by Crippen LogP contribution is 2.26. The molecule has 26 heavy (non-hydrogen) atoms. The molecule has 0 aliphatic carbocycles. The van der Waals surface area contributed by atoms with Gasteiger partial charge in [0.25, 0.3) is 5.91 Å². The molecule has 0 saturated heterocycles. The minimum atomic E-state index is -0.357. The number of benzene rings is 2. The predicted molar refractivity (Wildman–Crippen MR) is 102 cm³/mol. The second-order valence-corrected chi connectivity index (χ2v) is 6.55. The van der Waals surface area contributed by atoms with Crippen LogP contribution in [0, 0.1) is 25.2 Å². The molecule has 7 heteroatoms. The fourth-order valence-corrected chi connectivity index (χ4v) is 2.96. The van der Waals surface area contributed by atoms with E-state index in [1.165, 1.54) is 6.07 Å². The summed E-state index contributed by atoms with van der Waals surface area (Å²) < 4.78 is 1.63. The fourth-order valence-electron chi connectivity index (χ4n) is 2.46. The number of halogens is 2. The molecule has 1 aromatic heterocycles. The number of hydrogen-bond donors (Lipinski definition) is 1. The molecule has 3 aromatic rings. The van der Waals surface area contributed by atoms with Gasteiger partial charge in [0.1, 0.15) is 5.82 Å². The molecule has 0 saturated carbocycles. The summed E-state index contributed by atoms with van der Waals surface area (Å²) in [6, 6.07) is 13.7. The van der Waals surface area contributed by atoms with E-state index in [0.717, 1.165) is 16.9 Å². The summed E-state index contributed by atoms with van der Waals surface area (Å²) in [4.78, 5) is 12.7. The van der Waals surface area contributed by atoms with Crippen LogP contribution in [0.25, 0.3) is 5.69 Å². The fraction of sp³-hybridized carbons (Fsp3) is 0.105. The summed E-state index contributed by atoms with van der Waals surface area (Å²) in [6.07, 6.45) is 0. The summed E-state index contributed by atoms with van der Waals surface area (Å²) in [7, 11) is 0. The normalized spacial score (nSPS) is 10.4. The van der Waals surface area contributed by atoms with Gasteiger partial charge in [-0.1, -0.05) is 23.2 Å². The van der Waals surface area contributed by atoms with E-state index < -0.39 is 0 Å². The van der Waals surface area contributed by atoms with E-state index in [0.29, 0.717) is 22.0 Å². The van der Waals surface area contributed by atoms with Crippen LogP contribution in [0.1, 0.15) is 27.2 Å². The molecule has 3 rings (SSSR count). The van der Waals surface area contributed by atoms with Gasteiger partial charge < -0.3 is 5.32 Å². The topological polar surface area (TPSA) is 70.7 Å². The van der Waals surface area contributed by atoms with Crippen molar-refractivity contribution in [3.63, 3.8) is 0 Å². The Bertz CT molecular complexity index is 1030. The van der Waals surface area contributed by atoms with E-state index in [9.17, 15) is 4.79 Å². The van der Waals surface area contributed by atoms with Gasteiger partial charge in [0.15, 0.2) is 0 Å². The zero-order valence-electron chi connectivity index (χ0n) is 14.0. The van der Waals surface area contributed by atoms with Crippen LogP contribution in [0.3, 0.4) is 0 Å². The summed E-state index contributed by atoms with van der Waals surface area (Å²) in [5.41, 5.74) is 3.23. The molecule has 5 nitrogen and oxygen atoms in total. The predicted octanol–water partition coefficient (Wildman–Crippen LogP) is 4.92. The number of hydrogen-bond acceptors (Lipinski definition) is 3. The highest BCUT2D eigenvalue weighted by Gasteiger charge is 2.18. The third-order valence-electron chi connectivity index (χ3n) is 4.01. The van der Waals surface area contributed by atoms with Crippen LogP contribution in [0.2, 0.25) is 10.0 Å². The molecular weight excluding hydrogens is 371 g/mol. The Morgan fingerprint density at radius 3 is 2.46 bits per heavy atom. The summed E-state index contributed by atoms with van der Waals surface area (Å²) in [5.74, 6) is 0.188. The molecule has 0 aliphatic rings. The van der Waals surface area contributed by atoms with Gasteiger partial charge in [0.05, 0.1) is 33.6 Å². The molecular formula is C19H14Cl2N4O. The summed E-state index contributed by atoms with van der Waals surface area (Å²) >= 11 is 12.0. The maximum Gasteiger partial charge on any atom is 0.258 e. The first-order chi connectivity index (χ1) is 12.4. The molecule has 0 radical (unpaired) electrons. The van der Waals surface area contributed by atoms with Crippen molar-refractivity contribution in [1.82, 2.24) is 9.78 Å². The van der Waals surface area contributed by atoms with Crippen molar-refractivity contribution in [1.29, 1.82) is 5.26 Å². The molecule has 1 amide bonds. The average Bonchev–Trinajstić information content (AvgIpc) is 2.90. The summed E-state index contributed by atoms with van der Waals surface area (Å²) in [6.45, 7) is 3.74. The average molecular weight is 385 g/mol. The number of carbonyl (C=O) groups is 1. The van der Waals surface area contributed by atoms with Crippen LogP contribution in [0.15, 0.2) is 42.5 Å². The molecule has 0 aliphatic heterocycles. The maximum absolute atomic E-state index is 12.7. The molecule has 0 spiro atoms. The maximum atomic E-state index is 12.7. The Balaban J connectivity index is 1.99. The van der Waals surface area contributed by atoms with Gasteiger partial charge in [-0.3, -0.25) is 4.79 Å². The van der Waals surface area contributed by atoms with E-state index in [1.54, 1.807) is 41.1 Å². The second kappa shape index (κ2) is 7.20. The number of amides is 1.